The van der Waals surface area contributed by atoms with Crippen LogP contribution in [0.1, 0.15) is 35.3 Å². The molecule has 0 saturated carbocycles. The SMILES string of the molecule is CC(C)N1NCc2c(C(=O)N3CCSCC3)cc(-c3cccc(CN(C)CCN)c3)nc21. The van der Waals surface area contributed by atoms with E-state index >= 15 is 0 Å². The number of anilines is 1. The van der Waals surface area contributed by atoms with E-state index in [4.69, 9.17) is 10.7 Å². The summed E-state index contributed by atoms with van der Waals surface area (Å²) in [6.45, 7) is 8.83. The first-order chi connectivity index (χ1) is 15.5. The number of carbonyl (C=O) groups is 1. The number of hydrogen-bond acceptors (Lipinski definition) is 7. The van der Waals surface area contributed by atoms with Gasteiger partial charge in [-0.25, -0.2) is 10.4 Å². The van der Waals surface area contributed by atoms with Gasteiger partial charge in [-0.1, -0.05) is 18.2 Å². The highest BCUT2D eigenvalue weighted by Gasteiger charge is 2.31. The van der Waals surface area contributed by atoms with E-state index in [0.29, 0.717) is 13.1 Å². The number of benzene rings is 1. The standard InChI is InChI=1S/C24H34N6OS/c1-17(2)30-23-21(15-26-30)20(24(31)29-9-11-32-12-10-29)14-22(27-23)19-6-4-5-18(13-19)16-28(3)8-7-25/h4-6,13-14,17,26H,7-12,15-16,25H2,1-3H3. The van der Waals surface area contributed by atoms with Gasteiger partial charge in [0, 0.05) is 73.5 Å². The summed E-state index contributed by atoms with van der Waals surface area (Å²) in [7, 11) is 2.08. The highest BCUT2D eigenvalue weighted by atomic mass is 32.2. The zero-order valence-electron chi connectivity index (χ0n) is 19.3. The predicted molar refractivity (Wildman–Crippen MR) is 133 cm³/mol. The zero-order valence-corrected chi connectivity index (χ0v) is 20.1. The van der Waals surface area contributed by atoms with Gasteiger partial charge in [-0.2, -0.15) is 11.8 Å². The molecule has 0 atom stereocenters. The number of nitrogens with one attached hydrogen (secondary N) is 1. The van der Waals surface area contributed by atoms with Crippen molar-refractivity contribution < 1.29 is 4.79 Å². The van der Waals surface area contributed by atoms with Gasteiger partial charge in [0.15, 0.2) is 0 Å². The zero-order chi connectivity index (χ0) is 22.7. The molecule has 0 aliphatic carbocycles. The molecule has 8 heteroatoms. The molecule has 1 amide bonds. The summed E-state index contributed by atoms with van der Waals surface area (Å²) in [6, 6.07) is 10.7. The summed E-state index contributed by atoms with van der Waals surface area (Å²) in [6.07, 6.45) is 0. The summed E-state index contributed by atoms with van der Waals surface area (Å²) >= 11 is 1.91. The van der Waals surface area contributed by atoms with Crippen LogP contribution in [-0.2, 0) is 13.1 Å². The summed E-state index contributed by atoms with van der Waals surface area (Å²) < 4.78 is 0. The molecule has 0 unspecified atom stereocenters. The molecule has 172 valence electrons. The number of hydrazine groups is 1. The van der Waals surface area contributed by atoms with E-state index in [1.54, 1.807) is 0 Å². The summed E-state index contributed by atoms with van der Waals surface area (Å²) in [5, 5.41) is 2.08. The van der Waals surface area contributed by atoms with Crippen molar-refractivity contribution in [3.8, 4) is 11.3 Å². The maximum atomic E-state index is 13.5. The highest BCUT2D eigenvalue weighted by molar-refractivity contribution is 7.99. The molecule has 1 saturated heterocycles. The molecule has 1 aromatic heterocycles. The fraction of sp³-hybridized carbons (Fsp3) is 0.500. The third-order valence-electron chi connectivity index (χ3n) is 5.99. The number of fused-ring (bicyclic) bond motifs is 1. The second kappa shape index (κ2) is 10.2. The van der Waals surface area contributed by atoms with Gasteiger partial charge in [0.1, 0.15) is 5.82 Å². The van der Waals surface area contributed by atoms with Gasteiger partial charge in [0.05, 0.1) is 5.69 Å². The van der Waals surface area contributed by atoms with Crippen molar-refractivity contribution in [3.05, 3.63) is 47.0 Å². The molecule has 0 bridgehead atoms. The molecular weight excluding hydrogens is 420 g/mol. The van der Waals surface area contributed by atoms with Crippen LogP contribution in [0.4, 0.5) is 5.82 Å². The number of pyridine rings is 1. The van der Waals surface area contributed by atoms with Gasteiger partial charge >= 0.3 is 0 Å². The fourth-order valence-electron chi connectivity index (χ4n) is 4.31. The van der Waals surface area contributed by atoms with E-state index in [0.717, 1.165) is 65.9 Å². The van der Waals surface area contributed by atoms with Crippen LogP contribution < -0.4 is 16.2 Å². The van der Waals surface area contributed by atoms with Gasteiger partial charge in [0.2, 0.25) is 0 Å². The highest BCUT2D eigenvalue weighted by Crippen LogP contribution is 2.33. The average molecular weight is 455 g/mol. The molecule has 0 spiro atoms. The number of likely N-dealkylation sites (N-methyl/N-ethyl adjacent to an activating group) is 1. The smallest absolute Gasteiger partial charge is 0.254 e. The van der Waals surface area contributed by atoms with Crippen LogP contribution in [0.5, 0.6) is 0 Å². The van der Waals surface area contributed by atoms with Crippen molar-refractivity contribution in [1.82, 2.24) is 20.2 Å². The lowest BCUT2D eigenvalue weighted by Crippen LogP contribution is -2.38. The Morgan fingerprint density at radius 1 is 1.28 bits per heavy atom. The maximum absolute atomic E-state index is 13.5. The van der Waals surface area contributed by atoms with E-state index in [-0.39, 0.29) is 11.9 Å². The van der Waals surface area contributed by atoms with Crippen LogP contribution in [0, 0.1) is 0 Å². The molecule has 3 heterocycles. The number of amides is 1. The monoisotopic (exact) mass is 454 g/mol. The quantitative estimate of drug-likeness (QED) is 0.666. The van der Waals surface area contributed by atoms with Crippen LogP contribution >= 0.6 is 11.8 Å². The van der Waals surface area contributed by atoms with Crippen molar-refractivity contribution in [1.29, 1.82) is 0 Å². The predicted octanol–water partition coefficient (Wildman–Crippen LogP) is 2.56. The van der Waals surface area contributed by atoms with Crippen LogP contribution in [0.15, 0.2) is 30.3 Å². The van der Waals surface area contributed by atoms with Crippen molar-refractivity contribution in [2.45, 2.75) is 33.0 Å². The van der Waals surface area contributed by atoms with Gasteiger partial charge in [-0.05, 0) is 38.6 Å². The fourth-order valence-corrected chi connectivity index (χ4v) is 5.22. The minimum Gasteiger partial charge on any atom is -0.337 e. The van der Waals surface area contributed by atoms with Crippen LogP contribution in [0.3, 0.4) is 0 Å². The molecule has 1 fully saturated rings. The lowest BCUT2D eigenvalue weighted by molar-refractivity contribution is 0.0771. The maximum Gasteiger partial charge on any atom is 0.254 e. The topological polar surface area (TPSA) is 77.7 Å². The number of aromatic nitrogens is 1. The summed E-state index contributed by atoms with van der Waals surface area (Å²) in [4.78, 5) is 22.8. The summed E-state index contributed by atoms with van der Waals surface area (Å²) in [5.74, 6) is 3.00. The van der Waals surface area contributed by atoms with Crippen molar-refractivity contribution >= 4 is 23.5 Å². The molecule has 3 N–H and O–H groups in total. The average Bonchev–Trinajstić information content (AvgIpc) is 3.23. The van der Waals surface area contributed by atoms with Crippen molar-refractivity contribution in [2.75, 3.05) is 49.7 Å². The third-order valence-corrected chi connectivity index (χ3v) is 6.93. The van der Waals surface area contributed by atoms with Gasteiger partial charge in [-0.3, -0.25) is 9.80 Å². The molecule has 2 aromatic rings. The number of rotatable bonds is 7. The molecule has 32 heavy (non-hydrogen) atoms. The van der Waals surface area contributed by atoms with E-state index in [9.17, 15) is 4.79 Å². The van der Waals surface area contributed by atoms with Crippen molar-refractivity contribution in [2.24, 2.45) is 5.73 Å². The number of nitrogens with two attached hydrogens (primary N) is 1. The van der Waals surface area contributed by atoms with E-state index in [2.05, 4.69) is 60.5 Å². The van der Waals surface area contributed by atoms with Gasteiger partial charge in [0.25, 0.3) is 5.91 Å². The van der Waals surface area contributed by atoms with E-state index in [1.807, 2.05) is 22.7 Å². The Balaban J connectivity index is 1.73. The van der Waals surface area contributed by atoms with Gasteiger partial charge in [-0.15, -0.1) is 0 Å². The molecule has 2 aliphatic rings. The lowest BCUT2D eigenvalue weighted by Gasteiger charge is -2.27. The lowest BCUT2D eigenvalue weighted by atomic mass is 10.0. The Kier molecular flexibility index (Phi) is 7.35. The van der Waals surface area contributed by atoms with Gasteiger partial charge < -0.3 is 15.5 Å². The molecule has 1 aromatic carbocycles. The number of thioether (sulfide) groups is 1. The minimum absolute atomic E-state index is 0.122. The molecular formula is C24H34N6OS. The minimum atomic E-state index is 0.122. The number of hydrogen-bond donors (Lipinski definition) is 2. The van der Waals surface area contributed by atoms with Crippen LogP contribution in [0.25, 0.3) is 11.3 Å². The first-order valence-electron chi connectivity index (χ1n) is 11.4. The molecule has 7 nitrogen and oxygen atoms in total. The largest absolute Gasteiger partial charge is 0.337 e. The second-order valence-corrected chi connectivity index (χ2v) is 10.0. The van der Waals surface area contributed by atoms with Crippen molar-refractivity contribution in [3.63, 3.8) is 0 Å². The Hall–Kier alpha value is -2.13. The first-order valence-corrected chi connectivity index (χ1v) is 12.5. The van der Waals surface area contributed by atoms with E-state index in [1.165, 1.54) is 5.56 Å². The molecule has 0 radical (unpaired) electrons. The normalized spacial score (nSPS) is 16.2. The molecule has 2 aliphatic heterocycles. The van der Waals surface area contributed by atoms with Crippen LogP contribution in [0.2, 0.25) is 0 Å². The number of nitrogens with zero attached hydrogens (tertiary/aromatic N) is 4. The number of carbonyl (C=O) groups excluding carboxylic acids is 1. The summed E-state index contributed by atoms with van der Waals surface area (Å²) in [5.41, 5.74) is 14.0. The Labute approximate surface area is 195 Å². The van der Waals surface area contributed by atoms with Crippen LogP contribution in [-0.4, -0.2) is 71.5 Å². The Morgan fingerprint density at radius 3 is 2.78 bits per heavy atom. The third kappa shape index (κ3) is 4.93. The Bertz CT molecular complexity index is 960. The first kappa shape index (κ1) is 23.0. The molecule has 4 rings (SSSR count). The second-order valence-electron chi connectivity index (χ2n) is 8.79. The van der Waals surface area contributed by atoms with E-state index < -0.39 is 0 Å². The Morgan fingerprint density at radius 2 is 2.06 bits per heavy atom.